The number of aryl methyl sites for hydroxylation is 2. The topological polar surface area (TPSA) is 17.1 Å². The summed E-state index contributed by atoms with van der Waals surface area (Å²) >= 11 is 3.45. The van der Waals surface area contributed by atoms with Gasteiger partial charge < -0.3 is 0 Å². The van der Waals surface area contributed by atoms with Gasteiger partial charge in [-0.15, -0.1) is 0 Å². The second-order valence-corrected chi connectivity index (χ2v) is 5.84. The van der Waals surface area contributed by atoms with Gasteiger partial charge in [0.15, 0.2) is 5.78 Å². The van der Waals surface area contributed by atoms with E-state index in [-0.39, 0.29) is 5.78 Å². The Morgan fingerprint density at radius 2 is 1.80 bits per heavy atom. The number of carbonyl (C=O) groups is 1. The van der Waals surface area contributed by atoms with Crippen molar-refractivity contribution in [3.8, 4) is 0 Å². The van der Waals surface area contributed by atoms with Gasteiger partial charge in [0, 0.05) is 16.5 Å². The maximum absolute atomic E-state index is 12.6. The van der Waals surface area contributed by atoms with Crippen LogP contribution in [-0.4, -0.2) is 5.78 Å². The molecule has 0 aliphatic rings. The van der Waals surface area contributed by atoms with Crippen molar-refractivity contribution in [1.29, 1.82) is 0 Å². The van der Waals surface area contributed by atoms with Crippen LogP contribution in [0.15, 0.2) is 46.9 Å². The molecule has 20 heavy (non-hydrogen) atoms. The number of benzene rings is 2. The molecule has 2 rings (SSSR count). The van der Waals surface area contributed by atoms with Gasteiger partial charge in [-0.05, 0) is 47.7 Å². The number of rotatable bonds is 5. The molecule has 0 atom stereocenters. The van der Waals surface area contributed by atoms with Gasteiger partial charge in [0.2, 0.25) is 0 Å². The molecule has 2 aromatic carbocycles. The zero-order valence-corrected chi connectivity index (χ0v) is 13.5. The number of carbonyl (C=O) groups excluding carboxylic acids is 1. The highest BCUT2D eigenvalue weighted by molar-refractivity contribution is 9.10. The fraction of sp³-hybridized carbons (Fsp3) is 0.278. The van der Waals surface area contributed by atoms with Gasteiger partial charge >= 0.3 is 0 Å². The standard InChI is InChI=1S/C18H19BrO/c1-3-13-8-9-15(4-2)17(11-13)18(20)12-14-6-5-7-16(19)10-14/h5-11H,3-4,12H2,1-2H3. The predicted octanol–water partition coefficient (Wildman–Crippen LogP) is 5.00. The van der Waals surface area contributed by atoms with Crippen molar-refractivity contribution in [2.45, 2.75) is 33.1 Å². The molecule has 2 aromatic rings. The number of hydrogen-bond donors (Lipinski definition) is 0. The van der Waals surface area contributed by atoms with Gasteiger partial charge in [-0.3, -0.25) is 4.79 Å². The van der Waals surface area contributed by atoms with Crippen LogP contribution in [0.3, 0.4) is 0 Å². The maximum atomic E-state index is 12.6. The highest BCUT2D eigenvalue weighted by Gasteiger charge is 2.12. The molecule has 0 aliphatic heterocycles. The van der Waals surface area contributed by atoms with E-state index in [4.69, 9.17) is 0 Å². The van der Waals surface area contributed by atoms with Crippen LogP contribution in [0.4, 0.5) is 0 Å². The third-order valence-corrected chi connectivity index (χ3v) is 4.01. The molecule has 0 amide bonds. The molecule has 2 heteroatoms. The van der Waals surface area contributed by atoms with Gasteiger partial charge in [-0.2, -0.15) is 0 Å². The quantitative estimate of drug-likeness (QED) is 0.705. The van der Waals surface area contributed by atoms with E-state index in [0.29, 0.717) is 6.42 Å². The second kappa shape index (κ2) is 6.85. The van der Waals surface area contributed by atoms with Crippen LogP contribution in [0.5, 0.6) is 0 Å². The molecular weight excluding hydrogens is 312 g/mol. The average molecular weight is 331 g/mol. The SMILES string of the molecule is CCc1ccc(CC)c(C(=O)Cc2cccc(Br)c2)c1. The Labute approximate surface area is 129 Å². The zero-order chi connectivity index (χ0) is 14.5. The van der Waals surface area contributed by atoms with Crippen LogP contribution < -0.4 is 0 Å². The lowest BCUT2D eigenvalue weighted by atomic mass is 9.94. The summed E-state index contributed by atoms with van der Waals surface area (Å²) in [4.78, 5) is 12.6. The Balaban J connectivity index is 2.28. The summed E-state index contributed by atoms with van der Waals surface area (Å²) in [5.74, 6) is 0.204. The minimum absolute atomic E-state index is 0.204. The molecule has 0 N–H and O–H groups in total. The van der Waals surface area contributed by atoms with E-state index < -0.39 is 0 Å². The van der Waals surface area contributed by atoms with E-state index in [1.54, 1.807) is 0 Å². The molecule has 0 unspecified atom stereocenters. The summed E-state index contributed by atoms with van der Waals surface area (Å²) in [5, 5.41) is 0. The zero-order valence-electron chi connectivity index (χ0n) is 11.9. The molecular formula is C18H19BrO. The van der Waals surface area contributed by atoms with Crippen LogP contribution in [0, 0.1) is 0 Å². The highest BCUT2D eigenvalue weighted by Crippen LogP contribution is 2.18. The minimum Gasteiger partial charge on any atom is -0.294 e. The summed E-state index contributed by atoms with van der Waals surface area (Å²) in [7, 11) is 0. The monoisotopic (exact) mass is 330 g/mol. The van der Waals surface area contributed by atoms with Crippen molar-refractivity contribution >= 4 is 21.7 Å². The van der Waals surface area contributed by atoms with Crippen LogP contribution >= 0.6 is 15.9 Å². The Hall–Kier alpha value is -1.41. The molecule has 0 radical (unpaired) electrons. The van der Waals surface area contributed by atoms with E-state index in [9.17, 15) is 4.79 Å². The van der Waals surface area contributed by atoms with Crippen molar-refractivity contribution in [1.82, 2.24) is 0 Å². The van der Waals surface area contributed by atoms with Crippen molar-refractivity contribution in [3.63, 3.8) is 0 Å². The molecule has 1 nitrogen and oxygen atoms in total. The predicted molar refractivity (Wildman–Crippen MR) is 87.4 cm³/mol. The molecule has 0 spiro atoms. The van der Waals surface area contributed by atoms with Crippen molar-refractivity contribution in [3.05, 3.63) is 69.2 Å². The van der Waals surface area contributed by atoms with Crippen molar-refractivity contribution < 1.29 is 4.79 Å². The third kappa shape index (κ3) is 3.57. The summed E-state index contributed by atoms with van der Waals surface area (Å²) in [6.07, 6.45) is 2.31. The molecule has 0 bridgehead atoms. The normalized spacial score (nSPS) is 10.6. The van der Waals surface area contributed by atoms with Crippen LogP contribution in [0.2, 0.25) is 0 Å². The largest absolute Gasteiger partial charge is 0.294 e. The molecule has 0 saturated carbocycles. The average Bonchev–Trinajstić information content (AvgIpc) is 2.46. The van der Waals surface area contributed by atoms with Gasteiger partial charge in [0.05, 0.1) is 0 Å². The van der Waals surface area contributed by atoms with Crippen LogP contribution in [0.25, 0.3) is 0 Å². The fourth-order valence-electron chi connectivity index (χ4n) is 2.34. The smallest absolute Gasteiger partial charge is 0.167 e. The maximum Gasteiger partial charge on any atom is 0.167 e. The van der Waals surface area contributed by atoms with Crippen molar-refractivity contribution in [2.75, 3.05) is 0 Å². The number of hydrogen-bond acceptors (Lipinski definition) is 1. The Kier molecular flexibility index (Phi) is 5.13. The van der Waals surface area contributed by atoms with Gasteiger partial charge in [0.25, 0.3) is 0 Å². The molecule has 0 aromatic heterocycles. The fourth-order valence-corrected chi connectivity index (χ4v) is 2.79. The lowest BCUT2D eigenvalue weighted by Gasteiger charge is -2.09. The van der Waals surface area contributed by atoms with E-state index in [0.717, 1.165) is 34.0 Å². The molecule has 0 fully saturated rings. The first-order chi connectivity index (χ1) is 9.63. The Morgan fingerprint density at radius 3 is 2.45 bits per heavy atom. The summed E-state index contributed by atoms with van der Waals surface area (Å²) < 4.78 is 1.01. The first kappa shape index (κ1) is 15.0. The van der Waals surface area contributed by atoms with Crippen LogP contribution in [-0.2, 0) is 19.3 Å². The summed E-state index contributed by atoms with van der Waals surface area (Å²) in [6.45, 7) is 4.21. The first-order valence-corrected chi connectivity index (χ1v) is 7.82. The number of ketones is 1. The molecule has 0 heterocycles. The lowest BCUT2D eigenvalue weighted by Crippen LogP contribution is -2.07. The van der Waals surface area contributed by atoms with E-state index in [1.807, 2.05) is 24.3 Å². The second-order valence-electron chi connectivity index (χ2n) is 4.93. The highest BCUT2D eigenvalue weighted by atomic mass is 79.9. The van der Waals surface area contributed by atoms with Gasteiger partial charge in [-0.1, -0.05) is 54.0 Å². The third-order valence-electron chi connectivity index (χ3n) is 3.52. The Bertz CT molecular complexity index is 617. The molecule has 104 valence electrons. The molecule has 0 saturated heterocycles. The summed E-state index contributed by atoms with van der Waals surface area (Å²) in [6, 6.07) is 14.2. The lowest BCUT2D eigenvalue weighted by molar-refractivity contribution is 0.0992. The van der Waals surface area contributed by atoms with Crippen LogP contribution in [0.1, 0.15) is 40.9 Å². The summed E-state index contributed by atoms with van der Waals surface area (Å²) in [5.41, 5.74) is 4.29. The Morgan fingerprint density at radius 1 is 1.00 bits per heavy atom. The van der Waals surface area contributed by atoms with E-state index in [2.05, 4.69) is 48.0 Å². The van der Waals surface area contributed by atoms with Crippen molar-refractivity contribution in [2.24, 2.45) is 0 Å². The van der Waals surface area contributed by atoms with Gasteiger partial charge in [-0.25, -0.2) is 0 Å². The van der Waals surface area contributed by atoms with E-state index >= 15 is 0 Å². The van der Waals surface area contributed by atoms with E-state index in [1.165, 1.54) is 5.56 Å². The minimum atomic E-state index is 0.204. The first-order valence-electron chi connectivity index (χ1n) is 7.03. The molecule has 0 aliphatic carbocycles. The number of Topliss-reactive ketones (excluding diaryl/α,β-unsaturated/α-hetero) is 1. The van der Waals surface area contributed by atoms with Gasteiger partial charge in [0.1, 0.15) is 0 Å². The number of halogens is 1.